The van der Waals surface area contributed by atoms with Gasteiger partial charge in [0.15, 0.2) is 0 Å². The zero-order valence-electron chi connectivity index (χ0n) is 14.4. The van der Waals surface area contributed by atoms with E-state index in [1.54, 1.807) is 0 Å². The molecule has 28 heavy (non-hydrogen) atoms. The highest BCUT2D eigenvalue weighted by Crippen LogP contribution is 2.20. The lowest BCUT2D eigenvalue weighted by Gasteiger charge is -2.06. The Bertz CT molecular complexity index is 1210. The Kier molecular flexibility index (Phi) is 4.44. The fraction of sp³-hybridized carbons (Fsp3) is 0.0500. The lowest BCUT2D eigenvalue weighted by atomic mass is 10.1. The number of aromatic amines is 2. The number of amides is 1. The number of pyridine rings is 1. The van der Waals surface area contributed by atoms with Crippen molar-refractivity contribution < 1.29 is 13.6 Å². The molecule has 0 radical (unpaired) electrons. The summed E-state index contributed by atoms with van der Waals surface area (Å²) in [5, 5.41) is 2.62. The molecule has 2 heterocycles. The Morgan fingerprint density at radius 3 is 2.61 bits per heavy atom. The quantitative estimate of drug-likeness (QED) is 0.508. The van der Waals surface area contributed by atoms with Crippen LogP contribution >= 0.6 is 0 Å². The van der Waals surface area contributed by atoms with E-state index >= 15 is 0 Å². The van der Waals surface area contributed by atoms with Crippen LogP contribution in [0.1, 0.15) is 16.2 Å². The van der Waals surface area contributed by atoms with Gasteiger partial charge in [-0.1, -0.05) is 12.1 Å². The molecule has 2 aromatic carbocycles. The van der Waals surface area contributed by atoms with Gasteiger partial charge in [-0.05, 0) is 36.4 Å². The van der Waals surface area contributed by atoms with E-state index in [2.05, 4.69) is 20.3 Å². The van der Waals surface area contributed by atoms with Gasteiger partial charge in [-0.2, -0.15) is 0 Å². The van der Waals surface area contributed by atoms with Gasteiger partial charge in [0.25, 0.3) is 11.5 Å². The number of carbonyl (C=O) groups excluding carboxylic acids is 1. The summed E-state index contributed by atoms with van der Waals surface area (Å²) in [6, 6.07) is 13.2. The molecule has 4 rings (SSSR count). The average Bonchev–Trinajstić information content (AvgIpc) is 3.09. The monoisotopic (exact) mass is 380 g/mol. The van der Waals surface area contributed by atoms with Crippen LogP contribution in [0.3, 0.4) is 0 Å². The number of hydrogen-bond donors (Lipinski definition) is 3. The maximum atomic E-state index is 13.9. The summed E-state index contributed by atoms with van der Waals surface area (Å²) >= 11 is 0. The molecule has 0 fully saturated rings. The first kappa shape index (κ1) is 17.6. The lowest BCUT2D eigenvalue weighted by molar-refractivity contribution is 0.0948. The molecule has 0 spiro atoms. The summed E-state index contributed by atoms with van der Waals surface area (Å²) < 4.78 is 26.9. The van der Waals surface area contributed by atoms with Gasteiger partial charge in [0, 0.05) is 11.6 Å². The van der Waals surface area contributed by atoms with Crippen molar-refractivity contribution in [2.24, 2.45) is 0 Å². The minimum Gasteiger partial charge on any atom is -0.345 e. The van der Waals surface area contributed by atoms with Crippen LogP contribution in [0.25, 0.3) is 22.3 Å². The maximum Gasteiger partial charge on any atom is 0.261 e. The lowest BCUT2D eigenvalue weighted by Crippen LogP contribution is -2.29. The summed E-state index contributed by atoms with van der Waals surface area (Å²) in [5.41, 5.74) is 1.00. The second kappa shape index (κ2) is 7.07. The molecule has 0 saturated carbocycles. The van der Waals surface area contributed by atoms with Crippen LogP contribution < -0.4 is 10.9 Å². The number of carbonyl (C=O) groups is 1. The van der Waals surface area contributed by atoms with E-state index in [1.165, 1.54) is 18.2 Å². The average molecular weight is 380 g/mol. The normalized spacial score (nSPS) is 10.9. The van der Waals surface area contributed by atoms with Crippen molar-refractivity contribution in [3.8, 4) is 11.3 Å². The van der Waals surface area contributed by atoms with E-state index in [0.717, 1.165) is 23.2 Å². The Morgan fingerprint density at radius 1 is 1.04 bits per heavy atom. The molecule has 0 aliphatic rings. The van der Waals surface area contributed by atoms with Gasteiger partial charge >= 0.3 is 0 Å². The number of benzene rings is 2. The number of H-pyrrole nitrogens is 2. The van der Waals surface area contributed by atoms with Crippen LogP contribution in [0.5, 0.6) is 0 Å². The molecule has 8 heteroatoms. The largest absolute Gasteiger partial charge is 0.345 e. The van der Waals surface area contributed by atoms with E-state index in [9.17, 15) is 18.4 Å². The first-order chi connectivity index (χ1) is 13.5. The number of nitrogens with zero attached hydrogens (tertiary/aromatic N) is 1. The van der Waals surface area contributed by atoms with Crippen LogP contribution in [0.2, 0.25) is 0 Å². The molecule has 1 amide bonds. The van der Waals surface area contributed by atoms with E-state index in [4.69, 9.17) is 0 Å². The van der Waals surface area contributed by atoms with E-state index in [0.29, 0.717) is 5.82 Å². The molecule has 0 aliphatic heterocycles. The third-order valence-corrected chi connectivity index (χ3v) is 4.23. The van der Waals surface area contributed by atoms with Crippen molar-refractivity contribution in [1.82, 2.24) is 20.3 Å². The van der Waals surface area contributed by atoms with Crippen molar-refractivity contribution in [2.75, 3.05) is 0 Å². The van der Waals surface area contributed by atoms with Gasteiger partial charge in [0.2, 0.25) is 0 Å². The number of fused-ring (bicyclic) bond motifs is 1. The molecule has 6 nitrogen and oxygen atoms in total. The van der Waals surface area contributed by atoms with Gasteiger partial charge in [-0.25, -0.2) is 13.8 Å². The summed E-state index contributed by atoms with van der Waals surface area (Å²) in [7, 11) is 0. The molecule has 3 N–H and O–H groups in total. The standard InChI is InChI=1S/C20H14F2N4O2/c21-11-5-6-12(14(22)9-11)15-8-7-13(20(28)26-15)19(27)23-10-18-24-16-3-1-2-4-17(16)25-18/h1-9H,10H2,(H,23,27)(H,24,25)(H,26,28). The van der Waals surface area contributed by atoms with Crippen molar-refractivity contribution in [1.29, 1.82) is 0 Å². The molecule has 0 bridgehead atoms. The number of rotatable bonds is 4. The van der Waals surface area contributed by atoms with Gasteiger partial charge in [-0.15, -0.1) is 0 Å². The fourth-order valence-electron chi connectivity index (χ4n) is 2.87. The Labute approximate surface area is 157 Å². The summed E-state index contributed by atoms with van der Waals surface area (Å²) in [5.74, 6) is -1.56. The summed E-state index contributed by atoms with van der Waals surface area (Å²) in [6.45, 7) is 0.112. The molecule has 0 aliphatic carbocycles. The summed E-state index contributed by atoms with van der Waals surface area (Å²) in [6.07, 6.45) is 0. The van der Waals surface area contributed by atoms with Crippen LogP contribution in [-0.4, -0.2) is 20.9 Å². The van der Waals surface area contributed by atoms with Gasteiger partial charge in [-0.3, -0.25) is 9.59 Å². The predicted molar refractivity (Wildman–Crippen MR) is 99.7 cm³/mol. The van der Waals surface area contributed by atoms with Gasteiger partial charge in [0.1, 0.15) is 23.0 Å². The van der Waals surface area contributed by atoms with Gasteiger partial charge in [0.05, 0.1) is 23.3 Å². The smallest absolute Gasteiger partial charge is 0.261 e. The minimum atomic E-state index is -0.808. The number of imidazole rings is 1. The molecular formula is C20H14F2N4O2. The SMILES string of the molecule is O=C(NCc1nc2ccccc2[nH]1)c1ccc(-c2ccc(F)cc2F)[nH]c1=O. The zero-order valence-corrected chi connectivity index (χ0v) is 14.4. The maximum absolute atomic E-state index is 13.9. The predicted octanol–water partition coefficient (Wildman–Crippen LogP) is 3.13. The number of hydrogen-bond acceptors (Lipinski definition) is 3. The number of nitrogens with one attached hydrogen (secondary N) is 3. The first-order valence-corrected chi connectivity index (χ1v) is 8.42. The topological polar surface area (TPSA) is 90.6 Å². The van der Waals surface area contributed by atoms with Crippen molar-refractivity contribution in [3.63, 3.8) is 0 Å². The molecule has 2 aromatic heterocycles. The minimum absolute atomic E-state index is 0.0349. The van der Waals surface area contributed by atoms with Crippen LogP contribution in [0.15, 0.2) is 59.4 Å². The van der Waals surface area contributed by atoms with Crippen molar-refractivity contribution in [3.05, 3.63) is 88.0 Å². The zero-order chi connectivity index (χ0) is 19.7. The highest BCUT2D eigenvalue weighted by Gasteiger charge is 2.14. The summed E-state index contributed by atoms with van der Waals surface area (Å²) in [4.78, 5) is 34.4. The number of aromatic nitrogens is 3. The number of halogens is 2. The molecule has 4 aromatic rings. The number of para-hydroxylation sites is 2. The van der Waals surface area contributed by atoms with Crippen molar-refractivity contribution >= 4 is 16.9 Å². The molecular weight excluding hydrogens is 366 g/mol. The Hall–Kier alpha value is -3.81. The highest BCUT2D eigenvalue weighted by molar-refractivity contribution is 5.94. The molecule has 140 valence electrons. The van der Waals surface area contributed by atoms with E-state index < -0.39 is 23.1 Å². The Morgan fingerprint density at radius 2 is 1.86 bits per heavy atom. The molecule has 0 saturated heterocycles. The van der Waals surface area contributed by atoms with Crippen LogP contribution in [0, 0.1) is 11.6 Å². The third kappa shape index (κ3) is 3.39. The van der Waals surface area contributed by atoms with E-state index in [1.807, 2.05) is 24.3 Å². The fourth-order valence-corrected chi connectivity index (χ4v) is 2.87. The first-order valence-electron chi connectivity index (χ1n) is 8.42. The van der Waals surface area contributed by atoms with Crippen molar-refractivity contribution in [2.45, 2.75) is 6.54 Å². The van der Waals surface area contributed by atoms with Crippen LogP contribution in [-0.2, 0) is 6.54 Å². The highest BCUT2D eigenvalue weighted by atomic mass is 19.1. The molecule has 0 atom stereocenters. The Balaban J connectivity index is 1.52. The third-order valence-electron chi connectivity index (χ3n) is 4.23. The molecule has 0 unspecified atom stereocenters. The van der Waals surface area contributed by atoms with Crippen LogP contribution in [0.4, 0.5) is 8.78 Å². The second-order valence-electron chi connectivity index (χ2n) is 6.12. The van der Waals surface area contributed by atoms with E-state index in [-0.39, 0.29) is 23.4 Å². The second-order valence-corrected chi connectivity index (χ2v) is 6.12. The van der Waals surface area contributed by atoms with Gasteiger partial charge < -0.3 is 15.3 Å².